The number of piperazine rings is 1. The van der Waals surface area contributed by atoms with Crippen molar-refractivity contribution in [1.82, 2.24) is 64.7 Å². The van der Waals surface area contributed by atoms with Gasteiger partial charge in [0, 0.05) is 64.1 Å². The molecular formula is C81H159N13O2. The van der Waals surface area contributed by atoms with Crippen molar-refractivity contribution in [3.05, 3.63) is 79.2 Å². The largest absolute Gasteiger partial charge is 0.395 e. The van der Waals surface area contributed by atoms with Gasteiger partial charge in [0.15, 0.2) is 0 Å². The topological polar surface area (TPSA) is 117 Å². The molecule has 96 heavy (non-hydrogen) atoms. The first kappa shape index (κ1) is 90.8. The third-order valence-corrected chi connectivity index (χ3v) is 20.1. The maximum absolute atomic E-state index is 10.6. The van der Waals surface area contributed by atoms with Crippen molar-refractivity contribution in [2.24, 2.45) is 30.7 Å². The number of pyridine rings is 1. The van der Waals surface area contributed by atoms with Gasteiger partial charge in [-0.2, -0.15) is 0 Å². The molecule has 560 valence electrons. The second-order valence-electron chi connectivity index (χ2n) is 30.6. The number of nitrogens with one attached hydrogen (secondary N) is 3. The van der Waals surface area contributed by atoms with Crippen LogP contribution < -0.4 is 16.0 Å². The van der Waals surface area contributed by atoms with Crippen LogP contribution in [0.25, 0.3) is 0 Å². The molecule has 2 aromatic rings. The Morgan fingerprint density at radius 2 is 0.990 bits per heavy atom. The average molecular weight is 1350 g/mol. The third kappa shape index (κ3) is 54.6. The summed E-state index contributed by atoms with van der Waals surface area (Å²) >= 11 is 0. The average Bonchev–Trinajstić information content (AvgIpc) is 4.70. The fourth-order valence-corrected chi connectivity index (χ4v) is 12.8. The fraction of sp³-hybridized carbons (Fsp3) is 0.827. The van der Waals surface area contributed by atoms with E-state index in [0.717, 1.165) is 30.2 Å². The number of carbonyl (C=O) groups excluding carboxylic acids is 1. The maximum atomic E-state index is 10.6. The summed E-state index contributed by atoms with van der Waals surface area (Å²) in [6.45, 7) is 46.3. The van der Waals surface area contributed by atoms with Crippen molar-refractivity contribution in [2.45, 2.75) is 234 Å². The number of unbranched alkanes of at least 4 members (excludes halogenated alkanes) is 1. The van der Waals surface area contributed by atoms with Crippen LogP contribution in [0.3, 0.4) is 0 Å². The molecule has 15 heteroatoms. The fourth-order valence-electron chi connectivity index (χ4n) is 12.8. The lowest BCUT2D eigenvalue weighted by atomic mass is 9.91. The molecule has 2 aliphatic carbocycles. The number of aliphatic hydroxyl groups is 1. The van der Waals surface area contributed by atoms with E-state index >= 15 is 0 Å². The minimum absolute atomic E-state index is 0.00463. The van der Waals surface area contributed by atoms with Gasteiger partial charge in [0.05, 0.1) is 12.4 Å². The van der Waals surface area contributed by atoms with E-state index in [-0.39, 0.29) is 11.9 Å². The quantitative estimate of drug-likeness (QED) is 0.218. The van der Waals surface area contributed by atoms with Crippen molar-refractivity contribution in [3.8, 4) is 0 Å². The van der Waals surface area contributed by atoms with Crippen LogP contribution in [0.1, 0.15) is 220 Å². The van der Waals surface area contributed by atoms with Crippen LogP contribution in [0.2, 0.25) is 0 Å². The van der Waals surface area contributed by atoms with E-state index < -0.39 is 0 Å². The molecule has 11 aliphatic rings. The van der Waals surface area contributed by atoms with E-state index in [1.807, 2.05) is 61.4 Å². The summed E-state index contributed by atoms with van der Waals surface area (Å²) in [6, 6.07) is 8.29. The van der Waals surface area contributed by atoms with E-state index in [1.165, 1.54) is 296 Å². The number of carbonyl (C=O) groups is 1. The second-order valence-corrected chi connectivity index (χ2v) is 30.6. The molecule has 15 nitrogen and oxygen atoms in total. The number of hydrogen-bond acceptors (Lipinski definition) is 13. The van der Waals surface area contributed by atoms with Gasteiger partial charge in [-0.25, -0.2) is 0 Å². The highest BCUT2D eigenvalue weighted by molar-refractivity contribution is 5.85. The van der Waals surface area contributed by atoms with Gasteiger partial charge in [-0.15, -0.1) is 0 Å². The van der Waals surface area contributed by atoms with Crippen LogP contribution in [0.5, 0.6) is 0 Å². The van der Waals surface area contributed by atoms with Crippen LogP contribution >= 0.6 is 0 Å². The minimum atomic E-state index is -0.109. The zero-order chi connectivity index (χ0) is 71.0. The number of likely N-dealkylation sites (N-methyl/N-ethyl adjacent to an activating group) is 3. The van der Waals surface area contributed by atoms with Crippen LogP contribution in [0, 0.1) is 30.6 Å². The smallest absolute Gasteiger partial charge is 0.247 e. The Balaban J connectivity index is 0.000000521. The Morgan fingerprint density at radius 1 is 0.521 bits per heavy atom. The van der Waals surface area contributed by atoms with E-state index in [4.69, 9.17) is 5.11 Å². The number of aromatic nitrogens is 2. The van der Waals surface area contributed by atoms with E-state index in [0.29, 0.717) is 18.5 Å². The summed E-state index contributed by atoms with van der Waals surface area (Å²) in [5.41, 5.74) is 2.66. The van der Waals surface area contributed by atoms with Crippen LogP contribution in [-0.4, -0.2) is 246 Å². The van der Waals surface area contributed by atoms with Gasteiger partial charge in [0.2, 0.25) is 5.91 Å². The summed E-state index contributed by atoms with van der Waals surface area (Å²) in [5, 5.41) is 17.4. The third-order valence-electron chi connectivity index (χ3n) is 20.1. The summed E-state index contributed by atoms with van der Waals surface area (Å²) in [7, 11) is 17.2. The molecule has 9 saturated heterocycles. The van der Waals surface area contributed by atoms with Gasteiger partial charge in [0.1, 0.15) is 6.04 Å². The number of likely N-dealkylation sites (tertiary alicyclic amines) is 6. The Bertz CT molecular complexity index is 1910. The minimum Gasteiger partial charge on any atom is -0.395 e. The SMILES string of the molecule is C=C1CCC(C)C1.C=C1NC(=O)C(C)N1.CC1CCCCC1.CC1CCCNC1.CC1CCN(C)CC1.CCCCN1CCCCC1.CN1CCCC1.CN1CCCCC1.CN1CCCCC1.CN1CCC[C@H]1CO.CN1CCN(C)CC1.Cc1cccnc1.Cn1cccc1. The molecule has 2 aromatic heterocycles. The molecule has 4 N–H and O–H groups in total. The van der Waals surface area contributed by atoms with E-state index in [1.54, 1.807) is 13.1 Å². The molecule has 13 rings (SSSR count). The first-order chi connectivity index (χ1) is 46.1. The predicted molar refractivity (Wildman–Crippen MR) is 418 cm³/mol. The van der Waals surface area contributed by atoms with Crippen LogP contribution in [-0.2, 0) is 11.8 Å². The first-order valence-corrected chi connectivity index (χ1v) is 39.3. The van der Waals surface area contributed by atoms with E-state index in [9.17, 15) is 4.79 Å². The first-order valence-electron chi connectivity index (χ1n) is 39.3. The van der Waals surface area contributed by atoms with Crippen LogP contribution in [0.15, 0.2) is 73.6 Å². The number of amides is 1. The van der Waals surface area contributed by atoms with Gasteiger partial charge in [-0.05, 0) is 318 Å². The van der Waals surface area contributed by atoms with E-state index in [2.05, 4.69) is 157 Å². The summed E-state index contributed by atoms with van der Waals surface area (Å²) in [4.78, 5) is 33.5. The van der Waals surface area contributed by atoms with Gasteiger partial charge < -0.3 is 64.8 Å². The molecule has 1 amide bonds. The van der Waals surface area contributed by atoms with Crippen molar-refractivity contribution < 1.29 is 9.90 Å². The molecule has 4 atom stereocenters. The zero-order valence-corrected chi connectivity index (χ0v) is 65.9. The second kappa shape index (κ2) is 60.5. The molecule has 0 bridgehead atoms. The Kier molecular flexibility index (Phi) is 57.2. The number of nitrogens with zero attached hydrogens (tertiary/aromatic N) is 10. The highest BCUT2D eigenvalue weighted by Gasteiger charge is 2.21. The molecule has 0 radical (unpaired) electrons. The van der Waals surface area contributed by atoms with Gasteiger partial charge in [-0.1, -0.05) is 117 Å². The van der Waals surface area contributed by atoms with Crippen molar-refractivity contribution in [1.29, 1.82) is 0 Å². The molecular weight excluding hydrogens is 1190 g/mol. The predicted octanol–water partition coefficient (Wildman–Crippen LogP) is 14.4. The number of piperidine rings is 5. The normalized spacial score (nSPS) is 24.5. The number of hydrogen-bond donors (Lipinski definition) is 4. The van der Waals surface area contributed by atoms with Gasteiger partial charge in [-0.3, -0.25) is 9.78 Å². The lowest BCUT2D eigenvalue weighted by Crippen LogP contribution is -2.42. The van der Waals surface area contributed by atoms with Crippen molar-refractivity contribution in [3.63, 3.8) is 0 Å². The number of aliphatic hydroxyl groups excluding tert-OH is 1. The number of aryl methyl sites for hydroxylation is 2. The number of rotatable bonds is 4. The maximum Gasteiger partial charge on any atom is 0.247 e. The molecule has 11 fully saturated rings. The lowest BCUT2D eigenvalue weighted by Gasteiger charge is -2.28. The standard InChI is InChI=1S/C9H19N.C7H15N.C7H12.C7H14.C6H14N2.C6H13NO.C6H13N.C6H7N.2C6H13N.C5H8N2O.C5H11N.C5H7N/c1-2-3-7-10-8-5-4-6-9-10;1-7-3-5-8(2)6-4-7;1-6-3-4-7(2)5-6;1-7-5-3-2-4-6-7;1-7-3-5-8(2)6-4-7;1-7-4-2-3-6(7)5-8;2*1-6-3-2-4-7-5-6;2*1-7-5-3-2-4-6-7;1-3-5(8)7-4(2)6-3;2*1-6-4-2-3-5-6/h2-9H2,1H3;7H,3-6H2,1-2H3;7H,1,3-5H2,2H3;7H,2-6H2,1H3;3-6H2,1-2H3;6,8H,2-5H2,1H3;6-7H,2-5H2,1H3;2-5H,1H3;2*2-6H2,1H3;3,6H,2H2,1H3,(H,7,8);2-5H2,1H3;2-5H,1H3/t;;;;;6-;;;;;;;/m.....0......./s1. The van der Waals surface area contributed by atoms with Crippen molar-refractivity contribution in [2.75, 3.05) is 174 Å². The zero-order valence-electron chi connectivity index (χ0n) is 65.9. The molecule has 11 heterocycles. The number of allylic oxidation sites excluding steroid dienone is 1. The highest BCUT2D eigenvalue weighted by atomic mass is 16.3. The molecule has 0 aromatic carbocycles. The monoisotopic (exact) mass is 1350 g/mol. The molecule has 2 saturated carbocycles. The van der Waals surface area contributed by atoms with Gasteiger partial charge >= 0.3 is 0 Å². The summed E-state index contributed by atoms with van der Waals surface area (Å²) in [5.74, 6) is 4.46. The summed E-state index contributed by atoms with van der Waals surface area (Å²) in [6.07, 6.45) is 45.4. The summed E-state index contributed by atoms with van der Waals surface area (Å²) < 4.78 is 2.00. The molecule has 9 aliphatic heterocycles. The van der Waals surface area contributed by atoms with Crippen LogP contribution in [0.4, 0.5) is 0 Å². The van der Waals surface area contributed by atoms with Crippen molar-refractivity contribution >= 4 is 5.91 Å². The Morgan fingerprint density at radius 3 is 1.23 bits per heavy atom. The Hall–Kier alpha value is -3.22. The Labute approximate surface area is 595 Å². The molecule has 3 unspecified atom stereocenters. The highest BCUT2D eigenvalue weighted by Crippen LogP contribution is 2.27. The lowest BCUT2D eigenvalue weighted by molar-refractivity contribution is -0.119. The molecule has 0 spiro atoms. The van der Waals surface area contributed by atoms with Gasteiger partial charge in [0.25, 0.3) is 0 Å².